The van der Waals surface area contributed by atoms with E-state index in [9.17, 15) is 0 Å². The molecule has 0 spiro atoms. The molecule has 0 fully saturated rings. The lowest BCUT2D eigenvalue weighted by atomic mass is 9.96. The van der Waals surface area contributed by atoms with Gasteiger partial charge in [0, 0.05) is 24.9 Å². The summed E-state index contributed by atoms with van der Waals surface area (Å²) in [6.07, 6.45) is 6.44. The number of imidazole rings is 1. The van der Waals surface area contributed by atoms with Gasteiger partial charge in [0.05, 0.1) is 6.07 Å². The maximum atomic E-state index is 8.91. The molecule has 0 aliphatic carbocycles. The SMILES string of the molecule is CCCc1nccn1C(C)CC(C)(N)C#N. The van der Waals surface area contributed by atoms with E-state index in [1.54, 1.807) is 6.92 Å². The normalized spacial score (nSPS) is 16.4. The van der Waals surface area contributed by atoms with Crippen molar-refractivity contribution in [3.8, 4) is 6.07 Å². The first-order valence-corrected chi connectivity index (χ1v) is 5.72. The standard InChI is InChI=1S/C12H20N4/c1-4-5-11-15-6-7-16(11)10(2)8-12(3,14)9-13/h6-7,10H,4-5,8,14H2,1-3H3. The highest BCUT2D eigenvalue weighted by molar-refractivity contribution is 5.04. The topological polar surface area (TPSA) is 67.6 Å². The smallest absolute Gasteiger partial charge is 0.108 e. The average Bonchev–Trinajstić information content (AvgIpc) is 2.66. The van der Waals surface area contributed by atoms with Crippen LogP contribution in [0, 0.1) is 11.3 Å². The maximum Gasteiger partial charge on any atom is 0.108 e. The molecule has 2 atom stereocenters. The van der Waals surface area contributed by atoms with Crippen LogP contribution in [0.5, 0.6) is 0 Å². The van der Waals surface area contributed by atoms with Gasteiger partial charge in [0.25, 0.3) is 0 Å². The predicted octanol–water partition coefficient (Wildman–Crippen LogP) is 2.03. The maximum absolute atomic E-state index is 8.91. The first kappa shape index (κ1) is 12.7. The van der Waals surface area contributed by atoms with Crippen LogP contribution in [-0.2, 0) is 6.42 Å². The monoisotopic (exact) mass is 220 g/mol. The van der Waals surface area contributed by atoms with Crippen molar-refractivity contribution < 1.29 is 0 Å². The van der Waals surface area contributed by atoms with E-state index in [2.05, 4.69) is 29.5 Å². The number of hydrogen-bond acceptors (Lipinski definition) is 3. The summed E-state index contributed by atoms with van der Waals surface area (Å²) in [5.41, 5.74) is 5.08. The number of rotatable bonds is 5. The molecule has 0 bridgehead atoms. The van der Waals surface area contributed by atoms with Gasteiger partial charge >= 0.3 is 0 Å². The summed E-state index contributed by atoms with van der Waals surface area (Å²) in [5, 5.41) is 8.91. The van der Waals surface area contributed by atoms with Crippen molar-refractivity contribution in [3.63, 3.8) is 0 Å². The Labute approximate surface area is 97.1 Å². The molecule has 1 heterocycles. The fraction of sp³-hybridized carbons (Fsp3) is 0.667. The second kappa shape index (κ2) is 5.13. The van der Waals surface area contributed by atoms with Crippen LogP contribution in [0.25, 0.3) is 0 Å². The Bertz CT molecular complexity index is 373. The lowest BCUT2D eigenvalue weighted by Gasteiger charge is -2.23. The van der Waals surface area contributed by atoms with Crippen LogP contribution < -0.4 is 5.73 Å². The van der Waals surface area contributed by atoms with Crippen molar-refractivity contribution in [1.29, 1.82) is 5.26 Å². The Morgan fingerprint density at radius 3 is 2.94 bits per heavy atom. The Kier molecular flexibility index (Phi) is 4.08. The van der Waals surface area contributed by atoms with Crippen molar-refractivity contribution >= 4 is 0 Å². The van der Waals surface area contributed by atoms with Crippen molar-refractivity contribution in [2.75, 3.05) is 0 Å². The molecule has 0 aliphatic rings. The molecule has 4 nitrogen and oxygen atoms in total. The summed E-state index contributed by atoms with van der Waals surface area (Å²) in [5.74, 6) is 1.07. The summed E-state index contributed by atoms with van der Waals surface area (Å²) in [6.45, 7) is 5.97. The van der Waals surface area contributed by atoms with E-state index in [0.29, 0.717) is 6.42 Å². The average molecular weight is 220 g/mol. The van der Waals surface area contributed by atoms with Crippen LogP contribution in [0.4, 0.5) is 0 Å². The minimum absolute atomic E-state index is 0.207. The molecule has 0 aromatic carbocycles. The number of aromatic nitrogens is 2. The van der Waals surface area contributed by atoms with Gasteiger partial charge in [0.15, 0.2) is 0 Å². The quantitative estimate of drug-likeness (QED) is 0.825. The third-order valence-electron chi connectivity index (χ3n) is 2.67. The molecule has 16 heavy (non-hydrogen) atoms. The van der Waals surface area contributed by atoms with E-state index in [4.69, 9.17) is 11.0 Å². The second-order valence-corrected chi connectivity index (χ2v) is 4.58. The zero-order valence-electron chi connectivity index (χ0n) is 10.3. The van der Waals surface area contributed by atoms with E-state index in [-0.39, 0.29) is 6.04 Å². The molecule has 0 amide bonds. The van der Waals surface area contributed by atoms with E-state index >= 15 is 0 Å². The molecule has 2 N–H and O–H groups in total. The van der Waals surface area contributed by atoms with Crippen LogP contribution in [0.3, 0.4) is 0 Å². The van der Waals surface area contributed by atoms with Crippen LogP contribution >= 0.6 is 0 Å². The van der Waals surface area contributed by atoms with E-state index in [0.717, 1.165) is 18.7 Å². The van der Waals surface area contributed by atoms with Crippen LogP contribution in [0.2, 0.25) is 0 Å². The fourth-order valence-corrected chi connectivity index (χ4v) is 1.92. The van der Waals surface area contributed by atoms with E-state index in [1.165, 1.54) is 0 Å². The van der Waals surface area contributed by atoms with E-state index in [1.807, 2.05) is 12.4 Å². The fourth-order valence-electron chi connectivity index (χ4n) is 1.92. The van der Waals surface area contributed by atoms with Gasteiger partial charge in [0.2, 0.25) is 0 Å². The number of aryl methyl sites for hydroxylation is 1. The molecule has 88 valence electrons. The number of nitrogens with zero attached hydrogens (tertiary/aromatic N) is 3. The molecule has 0 saturated carbocycles. The Balaban J connectivity index is 2.77. The van der Waals surface area contributed by atoms with Gasteiger partial charge in [-0.2, -0.15) is 5.26 Å². The first-order chi connectivity index (χ1) is 7.50. The lowest BCUT2D eigenvalue weighted by Crippen LogP contribution is -2.36. The molecule has 0 radical (unpaired) electrons. The minimum Gasteiger partial charge on any atom is -0.332 e. The Hall–Kier alpha value is -1.34. The highest BCUT2D eigenvalue weighted by Crippen LogP contribution is 2.20. The Morgan fingerprint density at radius 1 is 1.69 bits per heavy atom. The summed E-state index contributed by atoms with van der Waals surface area (Å²) in [6, 6.07) is 2.34. The number of nitrogens with two attached hydrogens (primary N) is 1. The third kappa shape index (κ3) is 3.07. The highest BCUT2D eigenvalue weighted by atomic mass is 15.1. The van der Waals surface area contributed by atoms with Crippen LogP contribution in [-0.4, -0.2) is 15.1 Å². The van der Waals surface area contributed by atoms with Gasteiger partial charge in [-0.25, -0.2) is 4.98 Å². The molecular formula is C12H20N4. The molecule has 4 heteroatoms. The first-order valence-electron chi connectivity index (χ1n) is 5.72. The van der Waals surface area contributed by atoms with Crippen molar-refractivity contribution in [2.45, 2.75) is 51.6 Å². The Morgan fingerprint density at radius 2 is 2.38 bits per heavy atom. The van der Waals surface area contributed by atoms with Gasteiger partial charge < -0.3 is 10.3 Å². The summed E-state index contributed by atoms with van der Waals surface area (Å²) in [4.78, 5) is 4.32. The van der Waals surface area contributed by atoms with Crippen molar-refractivity contribution in [3.05, 3.63) is 18.2 Å². The van der Waals surface area contributed by atoms with Gasteiger partial charge in [-0.1, -0.05) is 6.92 Å². The van der Waals surface area contributed by atoms with Gasteiger partial charge in [-0.3, -0.25) is 0 Å². The summed E-state index contributed by atoms with van der Waals surface area (Å²) >= 11 is 0. The van der Waals surface area contributed by atoms with E-state index < -0.39 is 5.54 Å². The van der Waals surface area contributed by atoms with Crippen molar-refractivity contribution in [2.24, 2.45) is 5.73 Å². The second-order valence-electron chi connectivity index (χ2n) is 4.58. The highest BCUT2D eigenvalue weighted by Gasteiger charge is 2.22. The van der Waals surface area contributed by atoms with Crippen LogP contribution in [0.15, 0.2) is 12.4 Å². The molecule has 1 aromatic heterocycles. The molecule has 0 saturated heterocycles. The lowest BCUT2D eigenvalue weighted by molar-refractivity contribution is 0.403. The summed E-state index contributed by atoms with van der Waals surface area (Å²) < 4.78 is 2.12. The van der Waals surface area contributed by atoms with Crippen molar-refractivity contribution in [1.82, 2.24) is 9.55 Å². The number of hydrogen-bond donors (Lipinski definition) is 1. The zero-order valence-corrected chi connectivity index (χ0v) is 10.3. The molecular weight excluding hydrogens is 200 g/mol. The molecule has 1 rings (SSSR count). The predicted molar refractivity (Wildman–Crippen MR) is 63.8 cm³/mol. The van der Waals surface area contributed by atoms with Gasteiger partial charge in [-0.15, -0.1) is 0 Å². The van der Waals surface area contributed by atoms with Gasteiger partial charge in [0.1, 0.15) is 11.4 Å². The molecule has 2 unspecified atom stereocenters. The minimum atomic E-state index is -0.771. The number of nitriles is 1. The zero-order chi connectivity index (χ0) is 12.2. The van der Waals surface area contributed by atoms with Gasteiger partial charge in [-0.05, 0) is 26.7 Å². The van der Waals surface area contributed by atoms with Crippen LogP contribution in [0.1, 0.15) is 45.5 Å². The summed E-state index contributed by atoms with van der Waals surface area (Å²) in [7, 11) is 0. The molecule has 1 aromatic rings. The molecule has 0 aliphatic heterocycles. The third-order valence-corrected chi connectivity index (χ3v) is 2.67. The largest absolute Gasteiger partial charge is 0.332 e.